The van der Waals surface area contributed by atoms with Gasteiger partial charge < -0.3 is 10.0 Å². The van der Waals surface area contributed by atoms with Crippen LogP contribution in [0.5, 0.6) is 0 Å². The second kappa shape index (κ2) is 6.24. The van der Waals surface area contributed by atoms with Gasteiger partial charge in [-0.1, -0.05) is 20.3 Å². The normalized spacial score (nSPS) is 20.9. The highest BCUT2D eigenvalue weighted by Gasteiger charge is 2.24. The lowest BCUT2D eigenvalue weighted by Gasteiger charge is -2.36. The predicted molar refractivity (Wildman–Crippen MR) is 65.6 cm³/mol. The first-order chi connectivity index (χ1) is 7.49. The fraction of sp³-hybridized carbons (Fsp3) is 0.923. The van der Waals surface area contributed by atoms with E-state index in [-0.39, 0.29) is 0 Å². The molecule has 0 unspecified atom stereocenters. The molecule has 1 saturated heterocycles. The van der Waals surface area contributed by atoms with Crippen LogP contribution in [0.1, 0.15) is 52.4 Å². The summed E-state index contributed by atoms with van der Waals surface area (Å²) in [6.07, 6.45) is 5.94. The maximum absolute atomic E-state index is 10.3. The van der Waals surface area contributed by atoms with Gasteiger partial charge >= 0.3 is 5.97 Å². The summed E-state index contributed by atoms with van der Waals surface area (Å²) < 4.78 is 0. The number of carbonyl (C=O) groups is 1. The van der Waals surface area contributed by atoms with Gasteiger partial charge in [-0.3, -0.25) is 4.79 Å². The number of rotatable bonds is 6. The number of unbranched alkanes of at least 4 members (excludes halogenated alkanes) is 2. The Balaban J connectivity index is 2.00. The Bertz CT molecular complexity index is 216. The SMILES string of the molecule is CC1(C)CCN(CCCCCC(=O)O)CC1. The molecule has 3 nitrogen and oxygen atoms in total. The van der Waals surface area contributed by atoms with Crippen LogP contribution < -0.4 is 0 Å². The number of likely N-dealkylation sites (tertiary alicyclic amines) is 1. The minimum absolute atomic E-state index is 0.326. The Morgan fingerprint density at radius 3 is 2.38 bits per heavy atom. The quantitative estimate of drug-likeness (QED) is 0.709. The topological polar surface area (TPSA) is 40.5 Å². The molecule has 1 aliphatic rings. The third kappa shape index (κ3) is 5.50. The molecule has 1 aliphatic heterocycles. The van der Waals surface area contributed by atoms with Gasteiger partial charge in [-0.2, -0.15) is 0 Å². The lowest BCUT2D eigenvalue weighted by Crippen LogP contribution is -2.37. The van der Waals surface area contributed by atoms with E-state index in [1.165, 1.54) is 25.9 Å². The first-order valence-corrected chi connectivity index (χ1v) is 6.44. The van der Waals surface area contributed by atoms with E-state index in [1.807, 2.05) is 0 Å². The number of aliphatic carboxylic acids is 1. The molecule has 1 fully saturated rings. The van der Waals surface area contributed by atoms with Crippen molar-refractivity contribution in [1.82, 2.24) is 4.90 Å². The van der Waals surface area contributed by atoms with Crippen LogP contribution in [-0.4, -0.2) is 35.6 Å². The van der Waals surface area contributed by atoms with Gasteiger partial charge in [0.1, 0.15) is 0 Å². The highest BCUT2D eigenvalue weighted by Crippen LogP contribution is 2.29. The molecule has 0 amide bonds. The molecule has 0 aromatic heterocycles. The molecule has 0 aromatic rings. The van der Waals surface area contributed by atoms with Crippen molar-refractivity contribution in [3.8, 4) is 0 Å². The van der Waals surface area contributed by atoms with Gasteiger partial charge in [-0.15, -0.1) is 0 Å². The first kappa shape index (κ1) is 13.5. The third-order valence-corrected chi connectivity index (χ3v) is 3.57. The highest BCUT2D eigenvalue weighted by molar-refractivity contribution is 5.66. The Labute approximate surface area is 98.8 Å². The first-order valence-electron chi connectivity index (χ1n) is 6.44. The van der Waals surface area contributed by atoms with Crippen LogP contribution in [0.2, 0.25) is 0 Å². The van der Waals surface area contributed by atoms with E-state index >= 15 is 0 Å². The van der Waals surface area contributed by atoms with Crippen molar-refractivity contribution >= 4 is 5.97 Å². The summed E-state index contributed by atoms with van der Waals surface area (Å²) in [4.78, 5) is 12.8. The van der Waals surface area contributed by atoms with Crippen LogP contribution in [0.4, 0.5) is 0 Å². The Kier molecular flexibility index (Phi) is 5.26. The molecule has 0 radical (unpaired) electrons. The molecular weight excluding hydrogens is 202 g/mol. The van der Waals surface area contributed by atoms with Crippen LogP contribution in [0.25, 0.3) is 0 Å². The highest BCUT2D eigenvalue weighted by atomic mass is 16.4. The van der Waals surface area contributed by atoms with Gasteiger partial charge in [0.25, 0.3) is 0 Å². The molecule has 16 heavy (non-hydrogen) atoms. The van der Waals surface area contributed by atoms with Crippen molar-refractivity contribution < 1.29 is 9.90 Å². The number of nitrogens with zero attached hydrogens (tertiary/aromatic N) is 1. The second-order valence-electron chi connectivity index (χ2n) is 5.71. The second-order valence-corrected chi connectivity index (χ2v) is 5.71. The van der Waals surface area contributed by atoms with Crippen molar-refractivity contribution in [1.29, 1.82) is 0 Å². The fourth-order valence-electron chi connectivity index (χ4n) is 2.17. The third-order valence-electron chi connectivity index (χ3n) is 3.57. The standard InChI is InChI=1S/C13H25NO2/c1-13(2)7-10-14(11-8-13)9-5-3-4-6-12(15)16/h3-11H2,1-2H3,(H,15,16). The molecule has 0 aromatic carbocycles. The molecule has 0 spiro atoms. The van der Waals surface area contributed by atoms with Gasteiger partial charge in [-0.25, -0.2) is 0 Å². The largest absolute Gasteiger partial charge is 0.481 e. The minimum Gasteiger partial charge on any atom is -0.481 e. The molecule has 1 N–H and O–H groups in total. The van der Waals surface area contributed by atoms with Crippen molar-refractivity contribution in [2.45, 2.75) is 52.4 Å². The average molecular weight is 227 g/mol. The van der Waals surface area contributed by atoms with Gasteiger partial charge in [-0.05, 0) is 50.7 Å². The predicted octanol–water partition coefficient (Wildman–Crippen LogP) is 2.75. The average Bonchev–Trinajstić information content (AvgIpc) is 2.19. The van der Waals surface area contributed by atoms with Gasteiger partial charge in [0.05, 0.1) is 0 Å². The summed E-state index contributed by atoms with van der Waals surface area (Å²) in [5.41, 5.74) is 0.528. The van der Waals surface area contributed by atoms with E-state index in [1.54, 1.807) is 0 Å². The van der Waals surface area contributed by atoms with Crippen molar-refractivity contribution in [2.75, 3.05) is 19.6 Å². The van der Waals surface area contributed by atoms with Crippen LogP contribution in [0.3, 0.4) is 0 Å². The smallest absolute Gasteiger partial charge is 0.303 e. The van der Waals surface area contributed by atoms with E-state index in [9.17, 15) is 4.79 Å². The van der Waals surface area contributed by atoms with Crippen LogP contribution >= 0.6 is 0 Å². The molecular formula is C13H25NO2. The van der Waals surface area contributed by atoms with Crippen molar-refractivity contribution in [3.63, 3.8) is 0 Å². The van der Waals surface area contributed by atoms with Gasteiger partial charge in [0.15, 0.2) is 0 Å². The molecule has 1 rings (SSSR count). The number of carboxylic acids is 1. The fourth-order valence-corrected chi connectivity index (χ4v) is 2.17. The monoisotopic (exact) mass is 227 g/mol. The molecule has 0 atom stereocenters. The summed E-state index contributed by atoms with van der Waals surface area (Å²) in [7, 11) is 0. The summed E-state index contributed by atoms with van der Waals surface area (Å²) in [5, 5.41) is 8.51. The van der Waals surface area contributed by atoms with Crippen LogP contribution in [0.15, 0.2) is 0 Å². The zero-order chi connectivity index (χ0) is 12.0. The number of hydrogen-bond acceptors (Lipinski definition) is 2. The molecule has 3 heteroatoms. The Hall–Kier alpha value is -0.570. The van der Waals surface area contributed by atoms with Gasteiger partial charge in [0.2, 0.25) is 0 Å². The van der Waals surface area contributed by atoms with E-state index in [0.717, 1.165) is 25.8 Å². The van der Waals surface area contributed by atoms with Crippen molar-refractivity contribution in [2.24, 2.45) is 5.41 Å². The molecule has 1 heterocycles. The van der Waals surface area contributed by atoms with Crippen LogP contribution in [0, 0.1) is 5.41 Å². The van der Waals surface area contributed by atoms with Crippen LogP contribution in [-0.2, 0) is 4.79 Å². The van der Waals surface area contributed by atoms with Gasteiger partial charge in [0, 0.05) is 6.42 Å². The maximum Gasteiger partial charge on any atom is 0.303 e. The lowest BCUT2D eigenvalue weighted by molar-refractivity contribution is -0.137. The van der Waals surface area contributed by atoms with E-state index in [0.29, 0.717) is 11.8 Å². The van der Waals surface area contributed by atoms with E-state index < -0.39 is 5.97 Å². The zero-order valence-corrected chi connectivity index (χ0v) is 10.7. The summed E-state index contributed by atoms with van der Waals surface area (Å²) in [6, 6.07) is 0. The Morgan fingerprint density at radius 2 is 1.81 bits per heavy atom. The molecule has 0 aliphatic carbocycles. The Morgan fingerprint density at radius 1 is 1.19 bits per heavy atom. The summed E-state index contributed by atoms with van der Waals surface area (Å²) >= 11 is 0. The number of hydrogen-bond donors (Lipinski definition) is 1. The number of piperidine rings is 1. The summed E-state index contributed by atoms with van der Waals surface area (Å²) in [5.74, 6) is -0.667. The van der Waals surface area contributed by atoms with E-state index in [2.05, 4.69) is 18.7 Å². The minimum atomic E-state index is -0.667. The molecule has 94 valence electrons. The number of carboxylic acid groups (broad SMARTS) is 1. The molecule has 0 saturated carbocycles. The lowest BCUT2D eigenvalue weighted by atomic mass is 9.82. The molecule has 0 bridgehead atoms. The summed E-state index contributed by atoms with van der Waals surface area (Å²) in [6.45, 7) is 8.27. The van der Waals surface area contributed by atoms with Crippen molar-refractivity contribution in [3.05, 3.63) is 0 Å². The maximum atomic E-state index is 10.3. The van der Waals surface area contributed by atoms with E-state index in [4.69, 9.17) is 5.11 Å². The zero-order valence-electron chi connectivity index (χ0n) is 10.7.